The van der Waals surface area contributed by atoms with Crippen molar-refractivity contribution >= 4 is 5.91 Å². The number of hydrogen-bond donors (Lipinski definition) is 2. The molecular formula is C8H14N2O. The molecule has 1 aliphatic carbocycles. The van der Waals surface area contributed by atoms with Crippen molar-refractivity contribution in [2.24, 2.45) is 5.92 Å². The number of nitrogens with one attached hydrogen (secondary N) is 2. The highest BCUT2D eigenvalue weighted by atomic mass is 16.2. The van der Waals surface area contributed by atoms with Gasteiger partial charge in [0.25, 0.3) is 0 Å². The van der Waals surface area contributed by atoms with Crippen LogP contribution >= 0.6 is 0 Å². The molecule has 0 spiro atoms. The first-order chi connectivity index (χ1) is 5.23. The van der Waals surface area contributed by atoms with Gasteiger partial charge < -0.3 is 10.6 Å². The fourth-order valence-electron chi connectivity index (χ4n) is 1.75. The van der Waals surface area contributed by atoms with Gasteiger partial charge in [0.2, 0.25) is 5.91 Å². The summed E-state index contributed by atoms with van der Waals surface area (Å²) < 4.78 is 0. The number of amides is 1. The van der Waals surface area contributed by atoms with E-state index in [1.165, 1.54) is 12.8 Å². The van der Waals surface area contributed by atoms with Crippen LogP contribution in [0.1, 0.15) is 19.8 Å². The average molecular weight is 154 g/mol. The van der Waals surface area contributed by atoms with Gasteiger partial charge in [-0.1, -0.05) is 0 Å². The topological polar surface area (TPSA) is 41.1 Å². The van der Waals surface area contributed by atoms with Gasteiger partial charge in [0, 0.05) is 13.1 Å². The van der Waals surface area contributed by atoms with Gasteiger partial charge in [-0.3, -0.25) is 4.79 Å². The van der Waals surface area contributed by atoms with E-state index in [0.29, 0.717) is 5.92 Å². The lowest BCUT2D eigenvalue weighted by molar-refractivity contribution is -0.129. The molecule has 0 aromatic carbocycles. The molecule has 11 heavy (non-hydrogen) atoms. The highest BCUT2D eigenvalue weighted by Gasteiger charge is 2.47. The molecule has 0 radical (unpaired) electrons. The van der Waals surface area contributed by atoms with Crippen LogP contribution in [0.3, 0.4) is 0 Å². The van der Waals surface area contributed by atoms with Crippen molar-refractivity contribution in [3.8, 4) is 0 Å². The maximum atomic E-state index is 11.4. The Bertz CT molecular complexity index is 189. The Kier molecular flexibility index (Phi) is 1.42. The van der Waals surface area contributed by atoms with Gasteiger partial charge in [0.1, 0.15) is 0 Å². The molecule has 1 heterocycles. The summed E-state index contributed by atoms with van der Waals surface area (Å²) in [6.45, 7) is 3.71. The molecule has 2 N–H and O–H groups in total. The van der Waals surface area contributed by atoms with Crippen LogP contribution in [0.15, 0.2) is 0 Å². The number of rotatable bonds is 1. The average Bonchev–Trinajstić information content (AvgIpc) is 2.77. The molecule has 0 aromatic heterocycles. The SMILES string of the molecule is C[C@]1(C2CC2)NCCNC1=O. The Hall–Kier alpha value is -0.570. The zero-order valence-electron chi connectivity index (χ0n) is 6.81. The van der Waals surface area contributed by atoms with Gasteiger partial charge in [-0.15, -0.1) is 0 Å². The molecule has 1 saturated heterocycles. The first-order valence-electron chi connectivity index (χ1n) is 4.27. The first kappa shape index (κ1) is 7.10. The van der Waals surface area contributed by atoms with Crippen LogP contribution < -0.4 is 10.6 Å². The third-order valence-electron chi connectivity index (χ3n) is 2.77. The van der Waals surface area contributed by atoms with Crippen LogP contribution in [0.2, 0.25) is 0 Å². The predicted octanol–water partition coefficient (Wildman–Crippen LogP) is -0.126. The smallest absolute Gasteiger partial charge is 0.240 e. The van der Waals surface area contributed by atoms with Gasteiger partial charge in [-0.05, 0) is 25.7 Å². The summed E-state index contributed by atoms with van der Waals surface area (Å²) in [4.78, 5) is 11.4. The molecule has 1 atom stereocenters. The van der Waals surface area contributed by atoms with E-state index in [1.807, 2.05) is 6.92 Å². The molecule has 2 rings (SSSR count). The van der Waals surface area contributed by atoms with Crippen LogP contribution in [-0.4, -0.2) is 24.5 Å². The molecule has 0 bridgehead atoms. The minimum atomic E-state index is -0.252. The molecule has 0 aromatic rings. The summed E-state index contributed by atoms with van der Waals surface area (Å²) >= 11 is 0. The third kappa shape index (κ3) is 1.03. The second-order valence-corrected chi connectivity index (χ2v) is 3.66. The highest BCUT2D eigenvalue weighted by molar-refractivity contribution is 5.87. The molecule has 2 aliphatic rings. The summed E-state index contributed by atoms with van der Waals surface area (Å²) in [6, 6.07) is 0. The van der Waals surface area contributed by atoms with Crippen molar-refractivity contribution < 1.29 is 4.79 Å². The number of piperazine rings is 1. The molecular weight excluding hydrogens is 140 g/mol. The van der Waals surface area contributed by atoms with E-state index in [2.05, 4.69) is 10.6 Å². The van der Waals surface area contributed by atoms with Crippen molar-refractivity contribution in [2.75, 3.05) is 13.1 Å². The standard InChI is InChI=1S/C8H14N2O/c1-8(6-2-3-6)7(11)9-4-5-10-8/h6,10H,2-5H2,1H3,(H,9,11)/t8-/m1/s1. The van der Waals surface area contributed by atoms with Gasteiger partial charge in [0.15, 0.2) is 0 Å². The van der Waals surface area contributed by atoms with E-state index in [-0.39, 0.29) is 11.4 Å². The van der Waals surface area contributed by atoms with Crippen molar-refractivity contribution in [1.82, 2.24) is 10.6 Å². The Morgan fingerprint density at radius 2 is 2.18 bits per heavy atom. The van der Waals surface area contributed by atoms with E-state index < -0.39 is 0 Å². The lowest BCUT2D eigenvalue weighted by atomic mass is 9.93. The monoisotopic (exact) mass is 154 g/mol. The Morgan fingerprint density at radius 3 is 2.73 bits per heavy atom. The number of carbonyl (C=O) groups excluding carboxylic acids is 1. The fourth-order valence-corrected chi connectivity index (χ4v) is 1.75. The van der Waals surface area contributed by atoms with E-state index in [0.717, 1.165) is 13.1 Å². The lowest BCUT2D eigenvalue weighted by Crippen LogP contribution is -2.62. The maximum absolute atomic E-state index is 11.4. The van der Waals surface area contributed by atoms with Crippen molar-refractivity contribution in [3.05, 3.63) is 0 Å². The minimum Gasteiger partial charge on any atom is -0.353 e. The van der Waals surface area contributed by atoms with Crippen LogP contribution in [0.5, 0.6) is 0 Å². The normalized spacial score (nSPS) is 38.5. The van der Waals surface area contributed by atoms with Crippen LogP contribution in [-0.2, 0) is 4.79 Å². The lowest BCUT2D eigenvalue weighted by Gasteiger charge is -2.33. The second-order valence-electron chi connectivity index (χ2n) is 3.66. The second kappa shape index (κ2) is 2.21. The quantitative estimate of drug-likeness (QED) is 0.552. The highest BCUT2D eigenvalue weighted by Crippen LogP contribution is 2.40. The maximum Gasteiger partial charge on any atom is 0.240 e. The predicted molar refractivity (Wildman–Crippen MR) is 42.1 cm³/mol. The third-order valence-corrected chi connectivity index (χ3v) is 2.77. The molecule has 1 amide bonds. The molecule has 3 heteroatoms. The van der Waals surface area contributed by atoms with Gasteiger partial charge >= 0.3 is 0 Å². The fraction of sp³-hybridized carbons (Fsp3) is 0.875. The van der Waals surface area contributed by atoms with Crippen LogP contribution in [0.25, 0.3) is 0 Å². The van der Waals surface area contributed by atoms with Crippen molar-refractivity contribution in [1.29, 1.82) is 0 Å². The Morgan fingerprint density at radius 1 is 1.45 bits per heavy atom. The van der Waals surface area contributed by atoms with Gasteiger partial charge in [-0.25, -0.2) is 0 Å². The Balaban J connectivity index is 2.12. The molecule has 62 valence electrons. The molecule has 2 fully saturated rings. The van der Waals surface area contributed by atoms with Crippen LogP contribution in [0.4, 0.5) is 0 Å². The number of hydrogen-bond acceptors (Lipinski definition) is 2. The molecule has 1 aliphatic heterocycles. The van der Waals surface area contributed by atoms with E-state index >= 15 is 0 Å². The zero-order valence-corrected chi connectivity index (χ0v) is 6.81. The van der Waals surface area contributed by atoms with Crippen molar-refractivity contribution in [3.63, 3.8) is 0 Å². The molecule has 3 nitrogen and oxygen atoms in total. The van der Waals surface area contributed by atoms with Gasteiger partial charge in [0.05, 0.1) is 5.54 Å². The van der Waals surface area contributed by atoms with Crippen molar-refractivity contribution in [2.45, 2.75) is 25.3 Å². The minimum absolute atomic E-state index is 0.186. The Labute approximate surface area is 66.5 Å². The van der Waals surface area contributed by atoms with E-state index in [1.54, 1.807) is 0 Å². The number of carbonyl (C=O) groups is 1. The summed E-state index contributed by atoms with van der Waals surface area (Å²) in [6.07, 6.45) is 2.41. The zero-order chi connectivity index (χ0) is 7.90. The summed E-state index contributed by atoms with van der Waals surface area (Å²) in [5.74, 6) is 0.772. The van der Waals surface area contributed by atoms with E-state index in [4.69, 9.17) is 0 Å². The van der Waals surface area contributed by atoms with E-state index in [9.17, 15) is 4.79 Å². The molecule has 0 unspecified atom stereocenters. The largest absolute Gasteiger partial charge is 0.353 e. The summed E-state index contributed by atoms with van der Waals surface area (Å²) in [5.41, 5.74) is -0.252. The van der Waals surface area contributed by atoms with Crippen LogP contribution in [0, 0.1) is 5.92 Å². The van der Waals surface area contributed by atoms with Gasteiger partial charge in [-0.2, -0.15) is 0 Å². The summed E-state index contributed by atoms with van der Waals surface area (Å²) in [7, 11) is 0. The summed E-state index contributed by atoms with van der Waals surface area (Å²) in [5, 5.41) is 6.19. The molecule has 1 saturated carbocycles. The first-order valence-corrected chi connectivity index (χ1v) is 4.27.